The summed E-state index contributed by atoms with van der Waals surface area (Å²) in [6.07, 6.45) is 6.49. The van der Waals surface area contributed by atoms with Crippen LogP contribution in [0.4, 0.5) is 5.69 Å². The fourth-order valence-electron chi connectivity index (χ4n) is 3.22. The Morgan fingerprint density at radius 1 is 1.43 bits per heavy atom. The van der Waals surface area contributed by atoms with E-state index in [4.69, 9.17) is 22.1 Å². The normalized spacial score (nSPS) is 22.8. The van der Waals surface area contributed by atoms with E-state index in [-0.39, 0.29) is 24.0 Å². The second kappa shape index (κ2) is 6.60. The summed E-state index contributed by atoms with van der Waals surface area (Å²) in [7, 11) is 1.60. The lowest BCUT2D eigenvalue weighted by molar-refractivity contribution is 0.415. The van der Waals surface area contributed by atoms with Crippen LogP contribution in [-0.2, 0) is 0 Å². The molecule has 2 saturated carbocycles. The third kappa shape index (κ3) is 3.56. The SMILES string of the molecule is COc1ccc(NC(N)=NC2CC23CCCC3)cc1Cl.I. The molecule has 3 N–H and O–H groups in total. The minimum atomic E-state index is 0. The van der Waals surface area contributed by atoms with Gasteiger partial charge in [-0.1, -0.05) is 24.4 Å². The van der Waals surface area contributed by atoms with Crippen molar-refractivity contribution in [3.63, 3.8) is 0 Å². The standard InChI is InChI=1S/C15H20ClN3O.HI/c1-20-12-5-4-10(8-11(12)16)18-14(17)19-13-9-15(13)6-2-3-7-15;/h4-5,8,13H,2-3,6-7,9H2,1H3,(H3,17,18,19);1H. The summed E-state index contributed by atoms with van der Waals surface area (Å²) in [5.74, 6) is 1.12. The molecule has 1 spiro atoms. The zero-order valence-electron chi connectivity index (χ0n) is 12.1. The molecule has 1 atom stereocenters. The molecule has 1 aromatic carbocycles. The molecule has 1 aromatic rings. The molecule has 116 valence electrons. The van der Waals surface area contributed by atoms with E-state index in [1.54, 1.807) is 13.2 Å². The molecule has 0 amide bonds. The minimum absolute atomic E-state index is 0. The van der Waals surface area contributed by atoms with E-state index < -0.39 is 0 Å². The number of nitrogens with one attached hydrogen (secondary N) is 1. The van der Waals surface area contributed by atoms with Crippen molar-refractivity contribution in [3.05, 3.63) is 23.2 Å². The van der Waals surface area contributed by atoms with E-state index in [1.807, 2.05) is 12.1 Å². The van der Waals surface area contributed by atoms with Crippen molar-refractivity contribution >= 4 is 47.2 Å². The number of anilines is 1. The Morgan fingerprint density at radius 3 is 2.76 bits per heavy atom. The monoisotopic (exact) mass is 421 g/mol. The Labute approximate surface area is 147 Å². The third-order valence-corrected chi connectivity index (χ3v) is 4.76. The van der Waals surface area contributed by atoms with Gasteiger partial charge in [-0.15, -0.1) is 24.0 Å². The fraction of sp³-hybridized carbons (Fsp3) is 0.533. The average molecular weight is 422 g/mol. The van der Waals surface area contributed by atoms with Crippen LogP contribution in [0.3, 0.4) is 0 Å². The molecule has 3 rings (SSSR count). The number of rotatable bonds is 3. The predicted octanol–water partition coefficient (Wildman–Crippen LogP) is 4.03. The van der Waals surface area contributed by atoms with Gasteiger partial charge in [0, 0.05) is 5.69 Å². The Balaban J connectivity index is 0.00000161. The second-order valence-corrected chi connectivity index (χ2v) is 6.19. The molecule has 4 nitrogen and oxygen atoms in total. The van der Waals surface area contributed by atoms with Gasteiger partial charge in [-0.25, -0.2) is 4.99 Å². The van der Waals surface area contributed by atoms with Crippen LogP contribution in [-0.4, -0.2) is 19.1 Å². The van der Waals surface area contributed by atoms with Gasteiger partial charge in [-0.3, -0.25) is 0 Å². The van der Waals surface area contributed by atoms with Gasteiger partial charge in [0.2, 0.25) is 0 Å². The van der Waals surface area contributed by atoms with Crippen LogP contribution in [0.2, 0.25) is 5.02 Å². The molecule has 0 aliphatic heterocycles. The lowest BCUT2D eigenvalue weighted by Crippen LogP contribution is -2.23. The zero-order chi connectivity index (χ0) is 14.2. The topological polar surface area (TPSA) is 59.6 Å². The number of methoxy groups -OCH3 is 1. The van der Waals surface area contributed by atoms with Gasteiger partial charge < -0.3 is 15.8 Å². The van der Waals surface area contributed by atoms with Crippen LogP contribution >= 0.6 is 35.6 Å². The lowest BCUT2D eigenvalue weighted by atomic mass is 10.1. The summed E-state index contributed by atoms with van der Waals surface area (Å²) in [4.78, 5) is 4.60. The van der Waals surface area contributed by atoms with Crippen molar-refractivity contribution in [1.29, 1.82) is 0 Å². The molecule has 2 fully saturated rings. The smallest absolute Gasteiger partial charge is 0.193 e. The Kier molecular flexibility index (Phi) is 5.24. The van der Waals surface area contributed by atoms with Crippen molar-refractivity contribution in [1.82, 2.24) is 0 Å². The van der Waals surface area contributed by atoms with Crippen molar-refractivity contribution in [3.8, 4) is 5.75 Å². The maximum Gasteiger partial charge on any atom is 0.193 e. The van der Waals surface area contributed by atoms with E-state index in [2.05, 4.69) is 10.3 Å². The molecule has 0 bridgehead atoms. The molecule has 2 aliphatic rings. The Bertz CT molecular complexity index is 544. The molecule has 21 heavy (non-hydrogen) atoms. The summed E-state index contributed by atoms with van der Waals surface area (Å²) in [5.41, 5.74) is 7.29. The summed E-state index contributed by atoms with van der Waals surface area (Å²) in [5, 5.41) is 3.66. The maximum absolute atomic E-state index is 6.08. The molecular weight excluding hydrogens is 401 g/mol. The number of ether oxygens (including phenoxy) is 1. The van der Waals surface area contributed by atoms with Crippen LogP contribution in [0.15, 0.2) is 23.2 Å². The van der Waals surface area contributed by atoms with Gasteiger partial charge >= 0.3 is 0 Å². The highest BCUT2D eigenvalue weighted by Crippen LogP contribution is 2.59. The fourth-order valence-corrected chi connectivity index (χ4v) is 3.48. The first kappa shape index (κ1) is 16.7. The molecule has 2 aliphatic carbocycles. The highest BCUT2D eigenvalue weighted by molar-refractivity contribution is 14.0. The van der Waals surface area contributed by atoms with E-state index in [1.165, 1.54) is 32.1 Å². The third-order valence-electron chi connectivity index (χ3n) is 4.47. The molecule has 0 saturated heterocycles. The number of guanidine groups is 1. The average Bonchev–Trinajstić information content (AvgIpc) is 2.84. The van der Waals surface area contributed by atoms with Gasteiger partial charge in [0.05, 0.1) is 18.2 Å². The summed E-state index contributed by atoms with van der Waals surface area (Å²) in [6.45, 7) is 0. The molecule has 0 aromatic heterocycles. The van der Waals surface area contributed by atoms with Gasteiger partial charge in [0.25, 0.3) is 0 Å². The lowest BCUT2D eigenvalue weighted by Gasteiger charge is -2.09. The number of nitrogens with two attached hydrogens (primary N) is 1. The summed E-state index contributed by atoms with van der Waals surface area (Å²) < 4.78 is 5.12. The minimum Gasteiger partial charge on any atom is -0.495 e. The highest BCUT2D eigenvalue weighted by atomic mass is 127. The summed E-state index contributed by atoms with van der Waals surface area (Å²) >= 11 is 6.08. The predicted molar refractivity (Wildman–Crippen MR) is 98.0 cm³/mol. The first-order valence-electron chi connectivity index (χ1n) is 7.07. The van der Waals surface area contributed by atoms with Crippen molar-refractivity contribution in [2.75, 3.05) is 12.4 Å². The van der Waals surface area contributed by atoms with Crippen LogP contribution in [0, 0.1) is 5.41 Å². The number of nitrogens with zero attached hydrogens (tertiary/aromatic N) is 1. The number of halogens is 2. The van der Waals surface area contributed by atoms with Crippen LogP contribution in [0.1, 0.15) is 32.1 Å². The molecule has 6 heteroatoms. The van der Waals surface area contributed by atoms with E-state index in [0.717, 1.165) is 5.69 Å². The largest absolute Gasteiger partial charge is 0.495 e. The van der Waals surface area contributed by atoms with Crippen molar-refractivity contribution in [2.24, 2.45) is 16.1 Å². The molecular formula is C15H21ClIN3O. The first-order valence-corrected chi connectivity index (χ1v) is 7.45. The Hall–Kier alpha value is -0.690. The van der Waals surface area contributed by atoms with Gasteiger partial charge in [-0.2, -0.15) is 0 Å². The molecule has 0 radical (unpaired) electrons. The van der Waals surface area contributed by atoms with Gasteiger partial charge in [0.1, 0.15) is 5.75 Å². The molecule has 1 unspecified atom stereocenters. The summed E-state index contributed by atoms with van der Waals surface area (Å²) in [6, 6.07) is 5.89. The Morgan fingerprint density at radius 2 is 2.14 bits per heavy atom. The van der Waals surface area contributed by atoms with Crippen LogP contribution in [0.25, 0.3) is 0 Å². The van der Waals surface area contributed by atoms with Gasteiger partial charge in [-0.05, 0) is 42.9 Å². The van der Waals surface area contributed by atoms with Gasteiger partial charge in [0.15, 0.2) is 5.96 Å². The second-order valence-electron chi connectivity index (χ2n) is 5.78. The quantitative estimate of drug-likeness (QED) is 0.440. The number of aliphatic imine (C=N–C) groups is 1. The number of benzene rings is 1. The van der Waals surface area contributed by atoms with E-state index >= 15 is 0 Å². The molecule has 0 heterocycles. The van der Waals surface area contributed by atoms with Crippen LogP contribution < -0.4 is 15.8 Å². The maximum atomic E-state index is 6.08. The number of hydrogen-bond acceptors (Lipinski definition) is 2. The van der Waals surface area contributed by atoms with Crippen molar-refractivity contribution in [2.45, 2.75) is 38.1 Å². The van der Waals surface area contributed by atoms with Crippen LogP contribution in [0.5, 0.6) is 5.75 Å². The highest BCUT2D eigenvalue weighted by Gasteiger charge is 2.55. The first-order chi connectivity index (χ1) is 9.63. The van der Waals surface area contributed by atoms with E-state index in [0.29, 0.717) is 28.2 Å². The van der Waals surface area contributed by atoms with Crippen molar-refractivity contribution < 1.29 is 4.74 Å². The van der Waals surface area contributed by atoms with E-state index in [9.17, 15) is 0 Å². The zero-order valence-corrected chi connectivity index (χ0v) is 15.2. The number of hydrogen-bond donors (Lipinski definition) is 2.